The highest BCUT2D eigenvalue weighted by atomic mass is 32.2. The highest BCUT2D eigenvalue weighted by Gasteiger charge is 2.23. The third-order valence-corrected chi connectivity index (χ3v) is 3.21. The Morgan fingerprint density at radius 1 is 1.37 bits per heavy atom. The van der Waals surface area contributed by atoms with Crippen LogP contribution >= 0.6 is 11.8 Å². The molecule has 0 aromatic rings. The topological polar surface area (TPSA) is 108 Å². The van der Waals surface area contributed by atoms with Crippen molar-refractivity contribution in [3.8, 4) is 0 Å². The number of hydrogen-bond acceptors (Lipinski definition) is 4. The van der Waals surface area contributed by atoms with Crippen molar-refractivity contribution >= 4 is 29.7 Å². The lowest BCUT2D eigenvalue weighted by Gasteiger charge is -2.14. The van der Waals surface area contributed by atoms with Gasteiger partial charge in [-0.3, -0.25) is 4.79 Å². The van der Waals surface area contributed by atoms with E-state index in [1.54, 1.807) is 0 Å². The Balaban J connectivity index is 2.22. The second kappa shape index (κ2) is 7.88. The smallest absolute Gasteiger partial charge is 0.326 e. The predicted octanol–water partition coefficient (Wildman–Crippen LogP) is -0.229. The van der Waals surface area contributed by atoms with Crippen LogP contribution in [0.1, 0.15) is 19.3 Å². The fourth-order valence-corrected chi connectivity index (χ4v) is 1.84. The summed E-state index contributed by atoms with van der Waals surface area (Å²) in [5.74, 6) is -0.695. The molecule has 0 saturated heterocycles. The largest absolute Gasteiger partial charge is 0.480 e. The lowest BCUT2D eigenvalue weighted by Crippen LogP contribution is -2.48. The molecule has 0 spiro atoms. The molecule has 0 aromatic heterocycles. The Hall–Kier alpha value is -1.44. The van der Waals surface area contributed by atoms with Crippen LogP contribution in [0.5, 0.6) is 0 Å². The summed E-state index contributed by atoms with van der Waals surface area (Å²) in [4.78, 5) is 33.7. The normalized spacial score (nSPS) is 15.4. The molecule has 8 heteroatoms. The number of amides is 3. The quantitative estimate of drug-likeness (QED) is 0.494. The lowest BCUT2D eigenvalue weighted by atomic mass is 10.2. The monoisotopic (exact) mass is 289 g/mol. The highest BCUT2D eigenvalue weighted by Crippen LogP contribution is 2.18. The van der Waals surface area contributed by atoms with Crippen LogP contribution in [0.25, 0.3) is 0 Å². The van der Waals surface area contributed by atoms with E-state index >= 15 is 0 Å². The van der Waals surface area contributed by atoms with E-state index in [1.165, 1.54) is 11.8 Å². The van der Waals surface area contributed by atoms with Crippen LogP contribution in [0, 0.1) is 0 Å². The van der Waals surface area contributed by atoms with Crippen LogP contribution in [-0.4, -0.2) is 53.7 Å². The molecule has 0 radical (unpaired) electrons. The molecular formula is C11H19N3O4S. The summed E-state index contributed by atoms with van der Waals surface area (Å²) in [6.45, 7) is -0.142. The van der Waals surface area contributed by atoms with Crippen molar-refractivity contribution in [1.82, 2.24) is 16.0 Å². The summed E-state index contributed by atoms with van der Waals surface area (Å²) in [6.07, 6.45) is 4.17. The van der Waals surface area contributed by atoms with Crippen molar-refractivity contribution in [2.45, 2.75) is 31.3 Å². The fourth-order valence-electron chi connectivity index (χ4n) is 1.37. The second-order valence-corrected chi connectivity index (χ2v) is 5.33. The number of urea groups is 1. The molecule has 4 N–H and O–H groups in total. The Labute approximate surface area is 115 Å². The number of rotatable bonds is 8. The van der Waals surface area contributed by atoms with E-state index in [0.717, 1.165) is 12.8 Å². The maximum Gasteiger partial charge on any atom is 0.326 e. The molecular weight excluding hydrogens is 270 g/mol. The van der Waals surface area contributed by atoms with E-state index in [2.05, 4.69) is 16.0 Å². The minimum Gasteiger partial charge on any atom is -0.480 e. The third kappa shape index (κ3) is 6.90. The van der Waals surface area contributed by atoms with Crippen molar-refractivity contribution in [3.05, 3.63) is 0 Å². The Morgan fingerprint density at radius 2 is 2.05 bits per heavy atom. The van der Waals surface area contributed by atoms with Gasteiger partial charge in [-0.05, 0) is 31.3 Å². The van der Waals surface area contributed by atoms with Crippen molar-refractivity contribution in [2.24, 2.45) is 0 Å². The standard InChI is InChI=1S/C11H19N3O4S/c1-19-5-4-8(10(16)17)14-11(18)12-6-9(15)13-7-2-3-7/h7-8H,2-6H2,1H3,(H,13,15)(H,16,17)(H2,12,14,18)/t8-/m0/s1. The van der Waals surface area contributed by atoms with Gasteiger partial charge in [0, 0.05) is 6.04 Å². The van der Waals surface area contributed by atoms with Crippen molar-refractivity contribution in [1.29, 1.82) is 0 Å². The highest BCUT2D eigenvalue weighted by molar-refractivity contribution is 7.98. The first kappa shape index (κ1) is 15.6. The Kier molecular flexibility index (Phi) is 6.48. The SMILES string of the molecule is CSCC[C@H](NC(=O)NCC(=O)NC1CC1)C(=O)O. The Morgan fingerprint density at radius 3 is 2.58 bits per heavy atom. The molecule has 1 aliphatic rings. The summed E-state index contributed by atoms with van der Waals surface area (Å²) in [5.41, 5.74) is 0. The van der Waals surface area contributed by atoms with Gasteiger partial charge >= 0.3 is 12.0 Å². The number of carboxylic acid groups (broad SMARTS) is 1. The van der Waals surface area contributed by atoms with E-state index in [4.69, 9.17) is 5.11 Å². The van der Waals surface area contributed by atoms with Gasteiger partial charge in [-0.25, -0.2) is 9.59 Å². The zero-order valence-electron chi connectivity index (χ0n) is 10.8. The first-order chi connectivity index (χ1) is 9.02. The second-order valence-electron chi connectivity index (χ2n) is 4.34. The lowest BCUT2D eigenvalue weighted by molar-refractivity contribution is -0.139. The van der Waals surface area contributed by atoms with E-state index in [-0.39, 0.29) is 18.5 Å². The van der Waals surface area contributed by atoms with Crippen molar-refractivity contribution < 1.29 is 19.5 Å². The molecule has 0 unspecified atom stereocenters. The molecule has 1 rings (SSSR count). The molecule has 0 bridgehead atoms. The summed E-state index contributed by atoms with van der Waals surface area (Å²) < 4.78 is 0. The van der Waals surface area contributed by atoms with Gasteiger partial charge in [0.05, 0.1) is 6.54 Å². The van der Waals surface area contributed by atoms with Gasteiger partial charge < -0.3 is 21.1 Å². The summed E-state index contributed by atoms with van der Waals surface area (Å²) >= 11 is 1.51. The number of aliphatic carboxylic acids is 1. The van der Waals surface area contributed by atoms with Crippen LogP contribution < -0.4 is 16.0 Å². The van der Waals surface area contributed by atoms with Crippen LogP contribution in [0.3, 0.4) is 0 Å². The molecule has 1 aliphatic carbocycles. The number of carbonyl (C=O) groups is 3. The van der Waals surface area contributed by atoms with Crippen LogP contribution in [0.4, 0.5) is 4.79 Å². The van der Waals surface area contributed by atoms with Crippen LogP contribution in [-0.2, 0) is 9.59 Å². The van der Waals surface area contributed by atoms with E-state index in [1.807, 2.05) is 6.26 Å². The zero-order valence-corrected chi connectivity index (χ0v) is 11.6. The number of carboxylic acids is 1. The minimum absolute atomic E-state index is 0.142. The summed E-state index contributed by atoms with van der Waals surface area (Å²) in [5, 5.41) is 16.3. The summed E-state index contributed by atoms with van der Waals surface area (Å²) in [6, 6.07) is -1.33. The van der Waals surface area contributed by atoms with E-state index in [9.17, 15) is 14.4 Å². The molecule has 0 heterocycles. The van der Waals surface area contributed by atoms with Crippen LogP contribution in [0.15, 0.2) is 0 Å². The maximum atomic E-state index is 11.5. The minimum atomic E-state index is -1.08. The van der Waals surface area contributed by atoms with Gasteiger partial charge in [-0.1, -0.05) is 0 Å². The number of nitrogens with one attached hydrogen (secondary N) is 3. The number of carbonyl (C=O) groups excluding carboxylic acids is 2. The third-order valence-electron chi connectivity index (χ3n) is 2.57. The molecule has 0 aliphatic heterocycles. The van der Waals surface area contributed by atoms with E-state index in [0.29, 0.717) is 12.2 Å². The van der Waals surface area contributed by atoms with Gasteiger partial charge in [-0.2, -0.15) is 11.8 Å². The van der Waals surface area contributed by atoms with E-state index < -0.39 is 18.0 Å². The van der Waals surface area contributed by atoms with Gasteiger partial charge in [0.15, 0.2) is 0 Å². The molecule has 19 heavy (non-hydrogen) atoms. The molecule has 1 fully saturated rings. The summed E-state index contributed by atoms with van der Waals surface area (Å²) in [7, 11) is 0. The fraction of sp³-hybridized carbons (Fsp3) is 0.727. The predicted molar refractivity (Wildman–Crippen MR) is 72.1 cm³/mol. The Bertz CT molecular complexity index is 347. The van der Waals surface area contributed by atoms with Gasteiger partial charge in [0.2, 0.25) is 5.91 Å². The van der Waals surface area contributed by atoms with Crippen molar-refractivity contribution in [2.75, 3.05) is 18.6 Å². The van der Waals surface area contributed by atoms with Crippen LogP contribution in [0.2, 0.25) is 0 Å². The molecule has 3 amide bonds. The van der Waals surface area contributed by atoms with Gasteiger partial charge in [-0.15, -0.1) is 0 Å². The average molecular weight is 289 g/mol. The van der Waals surface area contributed by atoms with Gasteiger partial charge in [0.25, 0.3) is 0 Å². The molecule has 0 aromatic carbocycles. The first-order valence-corrected chi connectivity index (χ1v) is 7.47. The molecule has 108 valence electrons. The molecule has 1 saturated carbocycles. The average Bonchev–Trinajstić information content (AvgIpc) is 3.15. The maximum absolute atomic E-state index is 11.5. The van der Waals surface area contributed by atoms with Crippen molar-refractivity contribution in [3.63, 3.8) is 0 Å². The van der Waals surface area contributed by atoms with Gasteiger partial charge in [0.1, 0.15) is 6.04 Å². The molecule has 1 atom stereocenters. The number of hydrogen-bond donors (Lipinski definition) is 4. The zero-order chi connectivity index (χ0) is 14.3. The first-order valence-electron chi connectivity index (χ1n) is 6.08. The number of thioether (sulfide) groups is 1. The molecule has 7 nitrogen and oxygen atoms in total.